The fourth-order valence-corrected chi connectivity index (χ4v) is 1.56. The molecule has 0 atom stereocenters. The van der Waals surface area contributed by atoms with E-state index in [-0.39, 0.29) is 5.69 Å². The second-order valence-electron chi connectivity index (χ2n) is 4.30. The van der Waals surface area contributed by atoms with E-state index in [1.54, 1.807) is 18.4 Å². The van der Waals surface area contributed by atoms with Gasteiger partial charge in [0.1, 0.15) is 5.76 Å². The van der Waals surface area contributed by atoms with E-state index in [1.807, 2.05) is 19.1 Å². The molecule has 122 valence electrons. The molecule has 0 aliphatic rings. The minimum absolute atomic E-state index is 0.103. The van der Waals surface area contributed by atoms with Gasteiger partial charge in [0.05, 0.1) is 17.7 Å². The summed E-state index contributed by atoms with van der Waals surface area (Å²) < 4.78 is 5.19. The first-order valence-electron chi connectivity index (χ1n) is 6.28. The fourth-order valence-electron chi connectivity index (χ4n) is 1.56. The van der Waals surface area contributed by atoms with Crippen molar-refractivity contribution in [2.24, 2.45) is 0 Å². The summed E-state index contributed by atoms with van der Waals surface area (Å²) >= 11 is 0. The Morgan fingerprint density at radius 3 is 2.35 bits per heavy atom. The van der Waals surface area contributed by atoms with Crippen molar-refractivity contribution in [1.82, 2.24) is 0 Å². The maximum atomic E-state index is 10.6. The highest BCUT2D eigenvalue weighted by Gasteiger charge is 2.08. The van der Waals surface area contributed by atoms with Crippen LogP contribution < -0.4 is 5.32 Å². The molecule has 0 unspecified atom stereocenters. The maximum Gasteiger partial charge on any atom is 0.414 e. The van der Waals surface area contributed by atoms with Crippen LogP contribution in [0.4, 0.5) is 11.4 Å². The van der Waals surface area contributed by atoms with Crippen LogP contribution in [0, 0.1) is 17.0 Å². The van der Waals surface area contributed by atoms with E-state index in [9.17, 15) is 10.1 Å². The first kappa shape index (κ1) is 17.7. The molecular weight excluding hydrogens is 308 g/mol. The zero-order valence-electron chi connectivity index (χ0n) is 12.1. The van der Waals surface area contributed by atoms with Gasteiger partial charge in [-0.25, -0.2) is 9.59 Å². The SMILES string of the molecule is Cc1cc([N+](=O)[O-])ccc1NCc1ccco1.O=C(O)C(=O)O. The van der Waals surface area contributed by atoms with Gasteiger partial charge < -0.3 is 19.9 Å². The highest BCUT2D eigenvalue weighted by molar-refractivity contribution is 6.27. The summed E-state index contributed by atoms with van der Waals surface area (Å²) in [6.07, 6.45) is 1.61. The zero-order valence-corrected chi connectivity index (χ0v) is 12.1. The lowest BCUT2D eigenvalue weighted by Crippen LogP contribution is -2.09. The summed E-state index contributed by atoms with van der Waals surface area (Å²) in [7, 11) is 0. The highest BCUT2D eigenvalue weighted by atomic mass is 16.6. The van der Waals surface area contributed by atoms with Crippen molar-refractivity contribution in [3.05, 3.63) is 58.0 Å². The second-order valence-corrected chi connectivity index (χ2v) is 4.30. The number of furan rings is 1. The molecule has 0 aliphatic carbocycles. The maximum absolute atomic E-state index is 10.6. The van der Waals surface area contributed by atoms with Gasteiger partial charge in [-0.2, -0.15) is 0 Å². The van der Waals surface area contributed by atoms with Gasteiger partial charge in [-0.05, 0) is 30.7 Å². The molecule has 1 heterocycles. The summed E-state index contributed by atoms with van der Waals surface area (Å²) in [5, 5.41) is 28.5. The molecule has 9 heteroatoms. The molecule has 23 heavy (non-hydrogen) atoms. The summed E-state index contributed by atoms with van der Waals surface area (Å²) in [6.45, 7) is 2.39. The number of benzene rings is 1. The van der Waals surface area contributed by atoms with Crippen molar-refractivity contribution in [3.8, 4) is 0 Å². The smallest absolute Gasteiger partial charge is 0.414 e. The van der Waals surface area contributed by atoms with Crippen molar-refractivity contribution in [3.63, 3.8) is 0 Å². The van der Waals surface area contributed by atoms with Crippen LogP contribution >= 0.6 is 0 Å². The minimum Gasteiger partial charge on any atom is -0.473 e. The Balaban J connectivity index is 0.000000379. The Labute approximate surface area is 130 Å². The molecular formula is C14H14N2O7. The van der Waals surface area contributed by atoms with Gasteiger partial charge in [-0.1, -0.05) is 0 Å². The van der Waals surface area contributed by atoms with Crippen LogP contribution in [0.3, 0.4) is 0 Å². The highest BCUT2D eigenvalue weighted by Crippen LogP contribution is 2.21. The summed E-state index contributed by atoms with van der Waals surface area (Å²) in [6, 6.07) is 8.42. The largest absolute Gasteiger partial charge is 0.473 e. The van der Waals surface area contributed by atoms with E-state index < -0.39 is 16.9 Å². The van der Waals surface area contributed by atoms with E-state index in [2.05, 4.69) is 5.32 Å². The molecule has 0 fully saturated rings. The third-order valence-electron chi connectivity index (χ3n) is 2.64. The number of aryl methyl sites for hydroxylation is 1. The normalized spacial score (nSPS) is 9.43. The van der Waals surface area contributed by atoms with Crippen molar-refractivity contribution in [2.45, 2.75) is 13.5 Å². The number of nitro groups is 1. The van der Waals surface area contributed by atoms with Gasteiger partial charge in [0.25, 0.3) is 5.69 Å². The standard InChI is InChI=1S/C12H12N2O3.C2H2O4/c1-9-7-10(14(15)16)4-5-12(9)13-8-11-3-2-6-17-11;3-1(4)2(5)6/h2-7,13H,8H2,1H3;(H,3,4)(H,5,6). The Kier molecular flexibility index (Phi) is 6.29. The van der Waals surface area contributed by atoms with E-state index >= 15 is 0 Å². The molecule has 1 aromatic carbocycles. The van der Waals surface area contributed by atoms with Crippen molar-refractivity contribution >= 4 is 23.3 Å². The molecule has 0 saturated heterocycles. The fraction of sp³-hybridized carbons (Fsp3) is 0.143. The van der Waals surface area contributed by atoms with E-state index in [4.69, 9.17) is 24.2 Å². The van der Waals surface area contributed by atoms with Crippen LogP contribution in [0.1, 0.15) is 11.3 Å². The number of hydrogen-bond donors (Lipinski definition) is 3. The van der Waals surface area contributed by atoms with E-state index in [0.717, 1.165) is 17.0 Å². The van der Waals surface area contributed by atoms with Gasteiger partial charge >= 0.3 is 11.9 Å². The van der Waals surface area contributed by atoms with Crippen LogP contribution in [0.15, 0.2) is 41.0 Å². The van der Waals surface area contributed by atoms with E-state index in [1.165, 1.54) is 6.07 Å². The number of nitrogens with zero attached hydrogens (tertiary/aromatic N) is 1. The van der Waals surface area contributed by atoms with Crippen molar-refractivity contribution < 1.29 is 29.1 Å². The Bertz CT molecular complexity index is 683. The third kappa shape index (κ3) is 5.87. The predicted octanol–water partition coefficient (Wildman–Crippen LogP) is 2.26. The average molecular weight is 322 g/mol. The molecule has 0 radical (unpaired) electrons. The van der Waals surface area contributed by atoms with Crippen molar-refractivity contribution in [1.29, 1.82) is 0 Å². The molecule has 2 aromatic rings. The lowest BCUT2D eigenvalue weighted by molar-refractivity contribution is -0.384. The number of nitro benzene ring substituents is 1. The monoisotopic (exact) mass is 322 g/mol. The molecule has 1 aromatic heterocycles. The first-order valence-corrected chi connectivity index (χ1v) is 6.28. The molecule has 2 rings (SSSR count). The number of carboxylic acid groups (broad SMARTS) is 2. The number of non-ortho nitro benzene ring substituents is 1. The number of nitrogens with one attached hydrogen (secondary N) is 1. The lowest BCUT2D eigenvalue weighted by atomic mass is 10.2. The number of rotatable bonds is 4. The number of anilines is 1. The molecule has 0 saturated carbocycles. The van der Waals surface area contributed by atoms with E-state index in [0.29, 0.717) is 6.54 Å². The quantitative estimate of drug-likeness (QED) is 0.442. The van der Waals surface area contributed by atoms with Crippen LogP contribution in [0.2, 0.25) is 0 Å². The van der Waals surface area contributed by atoms with Gasteiger partial charge in [0, 0.05) is 17.8 Å². The Morgan fingerprint density at radius 2 is 1.91 bits per heavy atom. The summed E-state index contributed by atoms with van der Waals surface area (Å²) in [5.41, 5.74) is 1.81. The first-order chi connectivity index (χ1) is 10.8. The molecule has 0 bridgehead atoms. The topological polar surface area (TPSA) is 143 Å². The van der Waals surface area contributed by atoms with Crippen LogP contribution in [0.25, 0.3) is 0 Å². The Hall–Kier alpha value is -3.36. The molecule has 0 spiro atoms. The summed E-state index contributed by atoms with van der Waals surface area (Å²) in [5.74, 6) is -2.83. The van der Waals surface area contributed by atoms with Crippen LogP contribution in [-0.2, 0) is 16.1 Å². The molecule has 3 N–H and O–H groups in total. The number of carbonyl (C=O) groups is 2. The molecule has 0 amide bonds. The van der Waals surface area contributed by atoms with Gasteiger partial charge in [0.2, 0.25) is 0 Å². The number of aliphatic carboxylic acids is 2. The molecule has 0 aliphatic heterocycles. The van der Waals surface area contributed by atoms with Crippen LogP contribution in [0.5, 0.6) is 0 Å². The zero-order chi connectivity index (χ0) is 17.4. The lowest BCUT2D eigenvalue weighted by Gasteiger charge is -2.07. The third-order valence-corrected chi connectivity index (χ3v) is 2.64. The number of hydrogen-bond acceptors (Lipinski definition) is 6. The van der Waals surface area contributed by atoms with Crippen molar-refractivity contribution in [2.75, 3.05) is 5.32 Å². The average Bonchev–Trinajstić information content (AvgIpc) is 2.99. The summed E-state index contributed by atoms with van der Waals surface area (Å²) in [4.78, 5) is 28.4. The number of carboxylic acids is 2. The van der Waals surface area contributed by atoms with Crippen LogP contribution in [-0.4, -0.2) is 27.1 Å². The predicted molar refractivity (Wildman–Crippen MR) is 79.1 cm³/mol. The second kappa shape index (κ2) is 8.17. The Morgan fingerprint density at radius 1 is 1.26 bits per heavy atom. The minimum atomic E-state index is -1.82. The van der Waals surface area contributed by atoms with Gasteiger partial charge in [-0.15, -0.1) is 0 Å². The molecule has 9 nitrogen and oxygen atoms in total. The van der Waals surface area contributed by atoms with Gasteiger partial charge in [-0.3, -0.25) is 10.1 Å². The van der Waals surface area contributed by atoms with Gasteiger partial charge in [0.15, 0.2) is 0 Å².